The summed E-state index contributed by atoms with van der Waals surface area (Å²) in [5.41, 5.74) is 8.00. The van der Waals surface area contributed by atoms with Crippen molar-refractivity contribution >= 4 is 0 Å². The van der Waals surface area contributed by atoms with Crippen LogP contribution in [-0.2, 0) is 26.2 Å². The van der Waals surface area contributed by atoms with E-state index in [1.807, 2.05) is 0 Å². The molecule has 34 heavy (non-hydrogen) atoms. The maximum Gasteiger partial charge on any atom is 0.0237 e. The Hall–Kier alpha value is -3.20. The topological polar surface area (TPSA) is 6.48 Å². The van der Waals surface area contributed by atoms with Crippen molar-refractivity contribution in [2.24, 2.45) is 0 Å². The average Bonchev–Trinajstić information content (AvgIpc) is 2.90. The summed E-state index contributed by atoms with van der Waals surface area (Å²) in [6.07, 6.45) is 0. The zero-order valence-electron chi connectivity index (χ0n) is 20.5. The highest BCUT2D eigenvalue weighted by molar-refractivity contribution is 5.64. The van der Waals surface area contributed by atoms with Crippen molar-refractivity contribution in [1.29, 1.82) is 0 Å². The Labute approximate surface area is 205 Å². The Bertz CT molecular complexity index is 1010. The summed E-state index contributed by atoms with van der Waals surface area (Å²) in [7, 11) is 0. The molecule has 0 fully saturated rings. The van der Waals surface area contributed by atoms with Gasteiger partial charge in [0.05, 0.1) is 0 Å². The average molecular weight is 449 g/mol. The fourth-order valence-corrected chi connectivity index (χ4v) is 4.36. The van der Waals surface area contributed by atoms with E-state index >= 15 is 0 Å². The quantitative estimate of drug-likeness (QED) is 0.236. The Balaban J connectivity index is 1.35. The molecular weight excluding hydrogens is 412 g/mol. The van der Waals surface area contributed by atoms with Gasteiger partial charge in [-0.3, -0.25) is 9.80 Å². The molecule has 0 aliphatic heterocycles. The molecule has 2 heteroatoms. The highest BCUT2D eigenvalue weighted by Gasteiger charge is 2.07. The van der Waals surface area contributed by atoms with Gasteiger partial charge in [0, 0.05) is 26.2 Å². The number of rotatable bonds is 11. The fraction of sp³-hybridized carbons (Fsp3) is 0.250. The molecule has 0 amide bonds. The second-order valence-corrected chi connectivity index (χ2v) is 8.97. The van der Waals surface area contributed by atoms with Gasteiger partial charge in [-0.25, -0.2) is 0 Å². The van der Waals surface area contributed by atoms with E-state index in [4.69, 9.17) is 0 Å². The van der Waals surface area contributed by atoms with Crippen molar-refractivity contribution < 1.29 is 0 Å². The second-order valence-electron chi connectivity index (χ2n) is 8.97. The maximum absolute atomic E-state index is 2.48. The minimum atomic E-state index is 0.971. The highest BCUT2D eigenvalue weighted by Crippen LogP contribution is 2.22. The smallest absolute Gasteiger partial charge is 0.0237 e. The zero-order valence-corrected chi connectivity index (χ0v) is 20.5. The largest absolute Gasteiger partial charge is 0.295 e. The van der Waals surface area contributed by atoms with E-state index in [0.717, 1.165) is 39.3 Å². The van der Waals surface area contributed by atoms with Crippen LogP contribution < -0.4 is 0 Å². The third kappa shape index (κ3) is 6.90. The molecule has 0 atom stereocenters. The molecule has 0 bridgehead atoms. The first-order valence-electron chi connectivity index (χ1n) is 12.4. The van der Waals surface area contributed by atoms with Crippen molar-refractivity contribution in [1.82, 2.24) is 9.80 Å². The predicted molar refractivity (Wildman–Crippen MR) is 144 cm³/mol. The van der Waals surface area contributed by atoms with Gasteiger partial charge in [0.25, 0.3) is 0 Å². The Kier molecular flexibility index (Phi) is 8.67. The van der Waals surface area contributed by atoms with Gasteiger partial charge in [-0.05, 0) is 46.5 Å². The van der Waals surface area contributed by atoms with E-state index in [2.05, 4.69) is 133 Å². The third-order valence-corrected chi connectivity index (χ3v) is 6.45. The summed E-state index contributed by atoms with van der Waals surface area (Å²) >= 11 is 0. The lowest BCUT2D eigenvalue weighted by Crippen LogP contribution is -2.22. The minimum absolute atomic E-state index is 0.971. The monoisotopic (exact) mass is 448 g/mol. The molecule has 4 aromatic rings. The van der Waals surface area contributed by atoms with Crippen molar-refractivity contribution in [2.75, 3.05) is 13.1 Å². The molecule has 4 rings (SSSR count). The second kappa shape index (κ2) is 12.3. The molecule has 2 nitrogen and oxygen atoms in total. The van der Waals surface area contributed by atoms with Gasteiger partial charge in [-0.1, -0.05) is 123 Å². The molecule has 0 saturated carbocycles. The van der Waals surface area contributed by atoms with Gasteiger partial charge in [-0.2, -0.15) is 0 Å². The predicted octanol–water partition coefficient (Wildman–Crippen LogP) is 7.40. The van der Waals surface area contributed by atoms with E-state index in [9.17, 15) is 0 Å². The molecule has 0 aliphatic rings. The third-order valence-electron chi connectivity index (χ3n) is 6.45. The zero-order chi connectivity index (χ0) is 23.6. The van der Waals surface area contributed by atoms with Crippen LogP contribution >= 0.6 is 0 Å². The molecule has 4 aromatic carbocycles. The molecule has 0 N–H and O–H groups in total. The van der Waals surface area contributed by atoms with Gasteiger partial charge in [0.1, 0.15) is 0 Å². The lowest BCUT2D eigenvalue weighted by molar-refractivity contribution is 0.271. The van der Waals surface area contributed by atoms with Crippen LogP contribution in [0.3, 0.4) is 0 Å². The van der Waals surface area contributed by atoms with Crippen molar-refractivity contribution in [3.8, 4) is 11.1 Å². The van der Waals surface area contributed by atoms with Crippen LogP contribution in [0.5, 0.6) is 0 Å². The van der Waals surface area contributed by atoms with E-state index < -0.39 is 0 Å². The lowest BCUT2D eigenvalue weighted by Gasteiger charge is -2.21. The first-order chi connectivity index (χ1) is 16.7. The first kappa shape index (κ1) is 23.9. The van der Waals surface area contributed by atoms with Gasteiger partial charge < -0.3 is 0 Å². The van der Waals surface area contributed by atoms with Gasteiger partial charge in [0.2, 0.25) is 0 Å². The van der Waals surface area contributed by atoms with Crippen LogP contribution in [0.4, 0.5) is 0 Å². The van der Waals surface area contributed by atoms with Gasteiger partial charge in [-0.15, -0.1) is 0 Å². The van der Waals surface area contributed by atoms with Crippen molar-refractivity contribution in [3.63, 3.8) is 0 Å². The van der Waals surface area contributed by atoms with Crippen LogP contribution in [0, 0.1) is 0 Å². The molecule has 0 unspecified atom stereocenters. The highest BCUT2D eigenvalue weighted by atomic mass is 15.1. The lowest BCUT2D eigenvalue weighted by atomic mass is 10.0. The van der Waals surface area contributed by atoms with E-state index in [1.165, 1.54) is 33.4 Å². The molecule has 174 valence electrons. The van der Waals surface area contributed by atoms with E-state index in [-0.39, 0.29) is 0 Å². The summed E-state index contributed by atoms with van der Waals surface area (Å²) in [6.45, 7) is 10.5. The molecule has 0 radical (unpaired) electrons. The van der Waals surface area contributed by atoms with Crippen LogP contribution in [0.1, 0.15) is 36.1 Å². The summed E-state index contributed by atoms with van der Waals surface area (Å²) in [5.74, 6) is 0. The fourth-order valence-electron chi connectivity index (χ4n) is 4.36. The first-order valence-corrected chi connectivity index (χ1v) is 12.4. The Morgan fingerprint density at radius 2 is 0.676 bits per heavy atom. The standard InChI is InChI=1S/C32H36N2/c1-3-33(23-27-11-7-5-8-12-27)25-29-15-19-31(20-16-29)32-21-17-30(18-22-32)26-34(4-2)24-28-13-9-6-10-14-28/h5-22H,3-4,23-26H2,1-2H3. The van der Waals surface area contributed by atoms with Crippen LogP contribution in [0.15, 0.2) is 109 Å². The Morgan fingerprint density at radius 3 is 0.971 bits per heavy atom. The van der Waals surface area contributed by atoms with Crippen molar-refractivity contribution in [2.45, 2.75) is 40.0 Å². The summed E-state index contributed by atoms with van der Waals surface area (Å²) in [5, 5.41) is 0. The Morgan fingerprint density at radius 1 is 0.382 bits per heavy atom. The number of nitrogens with zero attached hydrogens (tertiary/aromatic N) is 2. The SMILES string of the molecule is CCN(Cc1ccccc1)Cc1ccc(-c2ccc(CN(CC)Cc3ccccc3)cc2)cc1. The number of hydrogen-bond acceptors (Lipinski definition) is 2. The van der Waals surface area contributed by atoms with Crippen LogP contribution in [0.2, 0.25) is 0 Å². The molecule has 0 spiro atoms. The molecular formula is C32H36N2. The minimum Gasteiger partial charge on any atom is -0.295 e. The van der Waals surface area contributed by atoms with E-state index in [0.29, 0.717) is 0 Å². The molecule has 0 saturated heterocycles. The van der Waals surface area contributed by atoms with Gasteiger partial charge >= 0.3 is 0 Å². The van der Waals surface area contributed by atoms with E-state index in [1.54, 1.807) is 0 Å². The van der Waals surface area contributed by atoms with Crippen molar-refractivity contribution in [3.05, 3.63) is 131 Å². The summed E-state index contributed by atoms with van der Waals surface area (Å²) in [6, 6.07) is 39.6. The normalized spacial score (nSPS) is 11.3. The molecule has 0 aliphatic carbocycles. The number of hydrogen-bond donors (Lipinski definition) is 0. The maximum atomic E-state index is 2.48. The molecule has 0 aromatic heterocycles. The molecule has 0 heterocycles. The number of benzene rings is 4. The summed E-state index contributed by atoms with van der Waals surface area (Å²) < 4.78 is 0. The van der Waals surface area contributed by atoms with Crippen LogP contribution in [-0.4, -0.2) is 22.9 Å². The van der Waals surface area contributed by atoms with Gasteiger partial charge in [0.15, 0.2) is 0 Å². The van der Waals surface area contributed by atoms with Crippen LogP contribution in [0.25, 0.3) is 11.1 Å². The summed E-state index contributed by atoms with van der Waals surface area (Å²) in [4.78, 5) is 4.96.